The molecule has 1 aromatic rings. The Morgan fingerprint density at radius 1 is 1.50 bits per heavy atom. The maximum Gasteiger partial charge on any atom is 0.330 e. The molecule has 0 bridgehead atoms. The zero-order chi connectivity index (χ0) is 12.3. The van der Waals surface area contributed by atoms with Gasteiger partial charge in [0.05, 0.1) is 0 Å². The Morgan fingerprint density at radius 2 is 2.12 bits per heavy atom. The predicted octanol–water partition coefficient (Wildman–Crippen LogP) is 0.0822. The average Bonchev–Trinajstić information content (AvgIpc) is 2.22. The van der Waals surface area contributed by atoms with Crippen LogP contribution in [-0.2, 0) is 20.6 Å². The molecule has 0 fully saturated rings. The third-order valence-electron chi connectivity index (χ3n) is 2.15. The van der Waals surface area contributed by atoms with Crippen molar-refractivity contribution in [3.63, 3.8) is 0 Å². The van der Waals surface area contributed by atoms with Gasteiger partial charge in [0.15, 0.2) is 0 Å². The van der Waals surface area contributed by atoms with Gasteiger partial charge in [-0.3, -0.25) is 9.36 Å². The summed E-state index contributed by atoms with van der Waals surface area (Å²) in [7, 11) is 3.09. The van der Waals surface area contributed by atoms with Crippen LogP contribution < -0.4 is 16.6 Å². The van der Waals surface area contributed by atoms with E-state index in [2.05, 4.69) is 27.8 Å². The molecule has 0 saturated carbocycles. The van der Waals surface area contributed by atoms with E-state index in [0.717, 1.165) is 9.05 Å². The molecular formula is C10H14BrN3O2. The predicted molar refractivity (Wildman–Crippen MR) is 66.7 cm³/mol. The first-order valence-electron chi connectivity index (χ1n) is 4.73. The number of nitrogens with zero attached hydrogens (tertiary/aromatic N) is 2. The van der Waals surface area contributed by atoms with Crippen LogP contribution in [0.4, 0.5) is 0 Å². The van der Waals surface area contributed by atoms with Crippen LogP contribution in [0, 0.1) is 0 Å². The Bertz CT molecular complexity index is 516. The smallest absolute Gasteiger partial charge is 0.308 e. The second-order valence-corrected chi connectivity index (χ2v) is 4.65. The summed E-state index contributed by atoms with van der Waals surface area (Å²) >= 11 is 3.21. The van der Waals surface area contributed by atoms with Crippen molar-refractivity contribution in [3.8, 4) is 0 Å². The van der Waals surface area contributed by atoms with E-state index in [1.165, 1.54) is 11.6 Å². The number of hydrogen-bond acceptors (Lipinski definition) is 3. The summed E-state index contributed by atoms with van der Waals surface area (Å²) in [6, 6.07) is 0. The third-order valence-corrected chi connectivity index (χ3v) is 2.43. The van der Waals surface area contributed by atoms with Gasteiger partial charge in [0.2, 0.25) is 0 Å². The molecule has 0 saturated heterocycles. The number of rotatable bonds is 4. The van der Waals surface area contributed by atoms with E-state index in [1.807, 2.05) is 0 Å². The van der Waals surface area contributed by atoms with Gasteiger partial charge in [-0.2, -0.15) is 0 Å². The first-order valence-corrected chi connectivity index (χ1v) is 5.52. The first kappa shape index (κ1) is 12.9. The van der Waals surface area contributed by atoms with Gasteiger partial charge in [-0.05, 0) is 0 Å². The third kappa shape index (κ3) is 2.93. The molecule has 88 valence electrons. The van der Waals surface area contributed by atoms with Crippen LogP contribution in [0.3, 0.4) is 0 Å². The number of aryl methyl sites for hydroxylation is 1. The van der Waals surface area contributed by atoms with Crippen molar-refractivity contribution in [1.82, 2.24) is 14.5 Å². The molecule has 6 heteroatoms. The van der Waals surface area contributed by atoms with Crippen molar-refractivity contribution < 1.29 is 0 Å². The molecule has 0 unspecified atom stereocenters. The second-order valence-electron chi connectivity index (χ2n) is 3.53. The normalized spacial score (nSPS) is 10.4. The minimum atomic E-state index is -0.321. The highest BCUT2D eigenvalue weighted by Gasteiger charge is 2.05. The Morgan fingerprint density at radius 3 is 2.69 bits per heavy atom. The van der Waals surface area contributed by atoms with Crippen LogP contribution in [0.2, 0.25) is 0 Å². The molecule has 1 rings (SSSR count). The van der Waals surface area contributed by atoms with Crippen molar-refractivity contribution in [2.75, 3.05) is 6.54 Å². The van der Waals surface area contributed by atoms with Gasteiger partial charge in [-0.1, -0.05) is 22.5 Å². The van der Waals surface area contributed by atoms with Gasteiger partial charge in [0.25, 0.3) is 5.56 Å². The molecule has 1 N–H and O–H groups in total. The zero-order valence-electron chi connectivity index (χ0n) is 9.29. The van der Waals surface area contributed by atoms with Gasteiger partial charge in [0.1, 0.15) is 0 Å². The van der Waals surface area contributed by atoms with Gasteiger partial charge < -0.3 is 9.88 Å². The van der Waals surface area contributed by atoms with Crippen LogP contribution in [0.15, 0.2) is 26.8 Å². The van der Waals surface area contributed by atoms with Crippen molar-refractivity contribution in [3.05, 3.63) is 43.7 Å². The Balaban J connectivity index is 2.94. The molecule has 0 radical (unpaired) electrons. The molecule has 0 aliphatic rings. The van der Waals surface area contributed by atoms with Gasteiger partial charge >= 0.3 is 5.69 Å². The van der Waals surface area contributed by atoms with E-state index in [1.54, 1.807) is 13.2 Å². The lowest BCUT2D eigenvalue weighted by Crippen LogP contribution is -2.39. The second kappa shape index (κ2) is 5.27. The molecule has 0 spiro atoms. The van der Waals surface area contributed by atoms with Crippen molar-refractivity contribution in [2.45, 2.75) is 6.54 Å². The number of halogens is 1. The number of nitrogens with one attached hydrogen (secondary N) is 1. The topological polar surface area (TPSA) is 56.0 Å². The highest BCUT2D eigenvalue weighted by molar-refractivity contribution is 9.11. The Labute approximate surface area is 102 Å². The van der Waals surface area contributed by atoms with E-state index in [9.17, 15) is 9.59 Å². The van der Waals surface area contributed by atoms with Crippen LogP contribution in [-0.4, -0.2) is 15.7 Å². The Hall–Kier alpha value is -1.14. The maximum atomic E-state index is 11.7. The van der Waals surface area contributed by atoms with Crippen LogP contribution in [0.5, 0.6) is 0 Å². The largest absolute Gasteiger partial charge is 0.330 e. The van der Waals surface area contributed by atoms with E-state index < -0.39 is 0 Å². The summed E-state index contributed by atoms with van der Waals surface area (Å²) in [5, 5.41) is 3.04. The minimum Gasteiger partial charge on any atom is -0.308 e. The summed E-state index contributed by atoms with van der Waals surface area (Å²) in [4.78, 5) is 23.1. The molecule has 5 nitrogen and oxygen atoms in total. The van der Waals surface area contributed by atoms with Gasteiger partial charge in [-0.25, -0.2) is 4.79 Å². The highest BCUT2D eigenvalue weighted by Crippen LogP contribution is 1.97. The Kier molecular flexibility index (Phi) is 4.26. The van der Waals surface area contributed by atoms with E-state index in [4.69, 9.17) is 0 Å². The highest BCUT2D eigenvalue weighted by atomic mass is 79.9. The molecule has 1 aromatic heterocycles. The fourth-order valence-corrected chi connectivity index (χ4v) is 1.54. The van der Waals surface area contributed by atoms with Crippen molar-refractivity contribution in [1.29, 1.82) is 0 Å². The minimum absolute atomic E-state index is 0.268. The quantitative estimate of drug-likeness (QED) is 0.854. The molecule has 0 amide bonds. The molecule has 0 aliphatic heterocycles. The molecule has 0 aliphatic carbocycles. The summed E-state index contributed by atoms with van der Waals surface area (Å²) in [5.74, 6) is 0. The number of hydrogen-bond donors (Lipinski definition) is 1. The summed E-state index contributed by atoms with van der Waals surface area (Å²) < 4.78 is 3.30. The molecule has 0 aromatic carbocycles. The lowest BCUT2D eigenvalue weighted by Gasteiger charge is -2.07. The maximum absolute atomic E-state index is 11.7. The van der Waals surface area contributed by atoms with Crippen molar-refractivity contribution in [2.24, 2.45) is 14.1 Å². The monoisotopic (exact) mass is 287 g/mol. The average molecular weight is 288 g/mol. The van der Waals surface area contributed by atoms with Gasteiger partial charge in [0, 0.05) is 43.4 Å². The lowest BCUT2D eigenvalue weighted by atomic mass is 10.3. The number of aromatic nitrogens is 2. The first-order chi connectivity index (χ1) is 7.43. The van der Waals surface area contributed by atoms with E-state index in [0.29, 0.717) is 18.7 Å². The molecule has 0 atom stereocenters. The summed E-state index contributed by atoms with van der Waals surface area (Å²) in [6.07, 6.45) is 1.55. The van der Waals surface area contributed by atoms with Gasteiger partial charge in [-0.15, -0.1) is 0 Å². The lowest BCUT2D eigenvalue weighted by molar-refractivity contribution is 0.647. The van der Waals surface area contributed by atoms with Crippen LogP contribution in [0.25, 0.3) is 0 Å². The zero-order valence-corrected chi connectivity index (χ0v) is 10.9. The molecule has 1 heterocycles. The van der Waals surface area contributed by atoms with Crippen LogP contribution >= 0.6 is 15.9 Å². The summed E-state index contributed by atoms with van der Waals surface area (Å²) in [6.45, 7) is 4.66. The fourth-order valence-electron chi connectivity index (χ4n) is 1.34. The standard InChI is InChI=1S/C10H14BrN3O2/c1-7(11)4-12-5-8-6-13(2)10(16)14(3)9(8)15/h6,12H,1,4-5H2,2-3H3. The van der Waals surface area contributed by atoms with E-state index >= 15 is 0 Å². The fraction of sp³-hybridized carbons (Fsp3) is 0.400. The van der Waals surface area contributed by atoms with Crippen molar-refractivity contribution >= 4 is 15.9 Å². The van der Waals surface area contributed by atoms with Crippen LogP contribution in [0.1, 0.15) is 5.56 Å². The summed E-state index contributed by atoms with van der Waals surface area (Å²) in [5.41, 5.74) is -0.0345. The SMILES string of the molecule is C=C(Br)CNCc1cn(C)c(=O)n(C)c1=O. The molecule has 16 heavy (non-hydrogen) atoms. The van der Waals surface area contributed by atoms with E-state index in [-0.39, 0.29) is 11.2 Å². The molecular weight excluding hydrogens is 274 g/mol.